The largest absolute Gasteiger partial charge is 0.396 e. The first-order valence-corrected chi connectivity index (χ1v) is 11.9. The van der Waals surface area contributed by atoms with E-state index in [2.05, 4.69) is 26.7 Å². The third kappa shape index (κ3) is 4.68. The van der Waals surface area contributed by atoms with Gasteiger partial charge in [0.1, 0.15) is 10.8 Å². The van der Waals surface area contributed by atoms with Crippen molar-refractivity contribution in [2.75, 3.05) is 17.2 Å². The van der Waals surface area contributed by atoms with Gasteiger partial charge in [0.05, 0.1) is 21.9 Å². The second-order valence-electron chi connectivity index (χ2n) is 8.69. The first-order chi connectivity index (χ1) is 16.0. The van der Waals surface area contributed by atoms with E-state index >= 15 is 0 Å². The van der Waals surface area contributed by atoms with Crippen molar-refractivity contribution in [3.63, 3.8) is 0 Å². The molecule has 7 nitrogen and oxygen atoms in total. The van der Waals surface area contributed by atoms with Crippen molar-refractivity contribution in [1.29, 1.82) is 0 Å². The lowest BCUT2D eigenvalue weighted by Gasteiger charge is -2.18. The van der Waals surface area contributed by atoms with Gasteiger partial charge in [0.15, 0.2) is 0 Å². The second-order valence-corrected chi connectivity index (χ2v) is 9.72. The van der Waals surface area contributed by atoms with Gasteiger partial charge in [-0.15, -0.1) is 11.3 Å². The maximum atomic E-state index is 10.3. The molecular weight excluding hydrogens is 434 g/mol. The molecule has 0 saturated heterocycles. The Bertz CT molecular complexity index is 1240. The SMILES string of the molecule is Cc1cc(Nc2cc(NC3CC(O)C(CO)C3)c(-c3nc4ccccc4s3)cn2)cc(C)n1. The van der Waals surface area contributed by atoms with Crippen molar-refractivity contribution in [2.45, 2.75) is 38.8 Å². The van der Waals surface area contributed by atoms with Gasteiger partial charge in [-0.05, 0) is 51.0 Å². The molecule has 33 heavy (non-hydrogen) atoms. The molecule has 0 amide bonds. The minimum atomic E-state index is -0.499. The number of hydrogen-bond donors (Lipinski definition) is 4. The quantitative estimate of drug-likeness (QED) is 0.331. The fourth-order valence-electron chi connectivity index (χ4n) is 4.49. The number of fused-ring (bicyclic) bond motifs is 1. The Hall–Kier alpha value is -3.07. The number of para-hydroxylation sites is 1. The van der Waals surface area contributed by atoms with Crippen LogP contribution in [-0.4, -0.2) is 43.9 Å². The van der Waals surface area contributed by atoms with Crippen LogP contribution in [0.4, 0.5) is 17.2 Å². The van der Waals surface area contributed by atoms with E-state index in [-0.39, 0.29) is 18.6 Å². The summed E-state index contributed by atoms with van der Waals surface area (Å²) in [6.45, 7) is 3.93. The molecule has 1 aliphatic rings. The molecule has 4 aromatic rings. The summed E-state index contributed by atoms with van der Waals surface area (Å²) in [4.78, 5) is 13.9. The number of hydrogen-bond acceptors (Lipinski definition) is 8. The normalized spacial score (nSPS) is 20.3. The standard InChI is InChI=1S/C25H27N5O2S/c1-14-7-17(8-15(2)27-14)29-24-11-21(28-18-9-16(13-31)22(32)10-18)19(12-26-24)25-30-20-5-3-4-6-23(20)33-25/h3-8,11-12,16,18,22,31-32H,9-10,13H2,1-2H3,(H2,26,27,28,29). The Balaban J connectivity index is 1.50. The van der Waals surface area contributed by atoms with Crippen molar-refractivity contribution in [2.24, 2.45) is 5.92 Å². The minimum Gasteiger partial charge on any atom is -0.396 e. The summed E-state index contributed by atoms with van der Waals surface area (Å²) < 4.78 is 1.13. The lowest BCUT2D eigenvalue weighted by Crippen LogP contribution is -2.17. The van der Waals surface area contributed by atoms with E-state index in [1.54, 1.807) is 11.3 Å². The van der Waals surface area contributed by atoms with E-state index in [1.165, 1.54) is 0 Å². The van der Waals surface area contributed by atoms with Gasteiger partial charge in [0.25, 0.3) is 0 Å². The molecule has 8 heteroatoms. The first-order valence-electron chi connectivity index (χ1n) is 11.1. The molecule has 3 heterocycles. The fourth-order valence-corrected chi connectivity index (χ4v) is 5.48. The van der Waals surface area contributed by atoms with E-state index < -0.39 is 6.10 Å². The van der Waals surface area contributed by atoms with Crippen molar-refractivity contribution in [1.82, 2.24) is 15.0 Å². The van der Waals surface area contributed by atoms with Crippen LogP contribution in [0.1, 0.15) is 24.2 Å². The van der Waals surface area contributed by atoms with Gasteiger partial charge < -0.3 is 20.8 Å². The molecule has 4 N–H and O–H groups in total. The van der Waals surface area contributed by atoms with Gasteiger partial charge in [0, 0.05) is 53.6 Å². The molecule has 0 bridgehead atoms. The topological polar surface area (TPSA) is 103 Å². The number of nitrogens with one attached hydrogen (secondary N) is 2. The van der Waals surface area contributed by atoms with E-state index in [9.17, 15) is 10.2 Å². The molecule has 170 valence electrons. The summed E-state index contributed by atoms with van der Waals surface area (Å²) in [7, 11) is 0. The van der Waals surface area contributed by atoms with Crippen molar-refractivity contribution in [3.8, 4) is 10.6 Å². The fraction of sp³-hybridized carbons (Fsp3) is 0.320. The molecule has 3 atom stereocenters. The Morgan fingerprint density at radius 2 is 1.85 bits per heavy atom. The van der Waals surface area contributed by atoms with Crippen LogP contribution in [0.15, 0.2) is 48.7 Å². The molecule has 1 fully saturated rings. The Kier molecular flexibility index (Phi) is 5.97. The maximum absolute atomic E-state index is 10.3. The summed E-state index contributed by atoms with van der Waals surface area (Å²) in [6, 6.07) is 14.1. The van der Waals surface area contributed by atoms with E-state index in [0.717, 1.165) is 43.6 Å². The van der Waals surface area contributed by atoms with Gasteiger partial charge in [0.2, 0.25) is 0 Å². The molecule has 1 aromatic carbocycles. The Morgan fingerprint density at radius 3 is 2.58 bits per heavy atom. The number of thiazole rings is 1. The third-order valence-corrected chi connectivity index (χ3v) is 7.10. The van der Waals surface area contributed by atoms with Crippen LogP contribution >= 0.6 is 11.3 Å². The van der Waals surface area contributed by atoms with Gasteiger partial charge >= 0.3 is 0 Å². The smallest absolute Gasteiger partial charge is 0.132 e. The zero-order valence-corrected chi connectivity index (χ0v) is 19.4. The van der Waals surface area contributed by atoms with Crippen LogP contribution in [0.3, 0.4) is 0 Å². The molecule has 1 saturated carbocycles. The summed E-state index contributed by atoms with van der Waals surface area (Å²) in [5.41, 5.74) is 5.61. The lowest BCUT2D eigenvalue weighted by molar-refractivity contribution is 0.0908. The van der Waals surface area contributed by atoms with Crippen LogP contribution in [0.25, 0.3) is 20.8 Å². The van der Waals surface area contributed by atoms with Crippen LogP contribution in [0.2, 0.25) is 0 Å². The highest BCUT2D eigenvalue weighted by molar-refractivity contribution is 7.21. The highest BCUT2D eigenvalue weighted by atomic mass is 32.1. The van der Waals surface area contributed by atoms with Crippen LogP contribution in [0.5, 0.6) is 0 Å². The number of aromatic nitrogens is 3. The zero-order valence-electron chi connectivity index (χ0n) is 18.6. The average Bonchev–Trinajstić information content (AvgIpc) is 3.36. The molecule has 1 aliphatic carbocycles. The molecule has 0 aliphatic heterocycles. The maximum Gasteiger partial charge on any atom is 0.132 e. The summed E-state index contributed by atoms with van der Waals surface area (Å²) in [6.07, 6.45) is 2.65. The Labute approximate surface area is 196 Å². The van der Waals surface area contributed by atoms with Crippen molar-refractivity contribution < 1.29 is 10.2 Å². The number of aliphatic hydroxyl groups excluding tert-OH is 2. The third-order valence-electron chi connectivity index (χ3n) is 6.03. The zero-order chi connectivity index (χ0) is 22.9. The van der Waals surface area contributed by atoms with E-state index in [1.807, 2.05) is 56.4 Å². The van der Waals surface area contributed by atoms with Crippen molar-refractivity contribution in [3.05, 3.63) is 60.0 Å². The molecule has 3 unspecified atom stereocenters. The van der Waals surface area contributed by atoms with E-state index in [0.29, 0.717) is 18.7 Å². The molecule has 5 rings (SSSR count). The number of benzene rings is 1. The first kappa shape index (κ1) is 21.8. The number of nitrogens with zero attached hydrogens (tertiary/aromatic N) is 3. The van der Waals surface area contributed by atoms with Crippen LogP contribution < -0.4 is 10.6 Å². The van der Waals surface area contributed by atoms with Crippen LogP contribution in [0, 0.1) is 19.8 Å². The average molecular weight is 462 g/mol. The monoisotopic (exact) mass is 461 g/mol. The number of pyridine rings is 2. The summed E-state index contributed by atoms with van der Waals surface area (Å²) in [5.74, 6) is 0.611. The van der Waals surface area contributed by atoms with Gasteiger partial charge in [-0.25, -0.2) is 9.97 Å². The molecule has 0 spiro atoms. The Morgan fingerprint density at radius 1 is 1.06 bits per heavy atom. The van der Waals surface area contributed by atoms with Crippen molar-refractivity contribution >= 4 is 38.7 Å². The highest BCUT2D eigenvalue weighted by Gasteiger charge is 2.33. The second kappa shape index (κ2) is 9.05. The molecular formula is C25H27N5O2S. The van der Waals surface area contributed by atoms with Crippen LogP contribution in [-0.2, 0) is 0 Å². The van der Waals surface area contributed by atoms with Gasteiger partial charge in [-0.1, -0.05) is 12.1 Å². The predicted octanol–water partition coefficient (Wildman–Crippen LogP) is 4.66. The molecule has 0 radical (unpaired) electrons. The molecule has 3 aromatic heterocycles. The van der Waals surface area contributed by atoms with Gasteiger partial charge in [-0.2, -0.15) is 0 Å². The highest BCUT2D eigenvalue weighted by Crippen LogP contribution is 2.37. The number of aliphatic hydroxyl groups is 2. The number of rotatable bonds is 6. The summed E-state index contributed by atoms with van der Waals surface area (Å²) in [5, 5.41) is 27.7. The minimum absolute atomic E-state index is 0.00598. The summed E-state index contributed by atoms with van der Waals surface area (Å²) >= 11 is 1.63. The number of aryl methyl sites for hydroxylation is 2. The lowest BCUT2D eigenvalue weighted by atomic mass is 10.1. The predicted molar refractivity (Wildman–Crippen MR) is 133 cm³/mol. The number of anilines is 3. The van der Waals surface area contributed by atoms with Gasteiger partial charge in [-0.3, -0.25) is 4.98 Å². The van der Waals surface area contributed by atoms with E-state index in [4.69, 9.17) is 4.98 Å².